The molecule has 0 radical (unpaired) electrons. The number of allylic oxidation sites excluding steroid dienone is 1. The van der Waals surface area contributed by atoms with E-state index >= 15 is 0 Å². The summed E-state index contributed by atoms with van der Waals surface area (Å²) in [5, 5.41) is 8.93. The van der Waals surface area contributed by atoms with E-state index in [0.717, 1.165) is 30.8 Å². The first-order valence-electron chi connectivity index (χ1n) is 12.0. The number of methoxy groups -OCH3 is 1. The van der Waals surface area contributed by atoms with Gasteiger partial charge in [0.25, 0.3) is 0 Å². The van der Waals surface area contributed by atoms with Gasteiger partial charge in [0.1, 0.15) is 6.61 Å². The van der Waals surface area contributed by atoms with Crippen molar-refractivity contribution in [1.29, 1.82) is 0 Å². The quantitative estimate of drug-likeness (QED) is 0.115. The second kappa shape index (κ2) is 24.9. The van der Waals surface area contributed by atoms with Gasteiger partial charge in [-0.05, 0) is 19.8 Å². The molecule has 0 aliphatic rings. The van der Waals surface area contributed by atoms with Gasteiger partial charge in [0, 0.05) is 44.1 Å². The molecule has 0 rings (SSSR count). The molecular formula is C24H45N3O8. The number of ether oxygens (including phenoxy) is 6. The number of rotatable bonds is 26. The summed E-state index contributed by atoms with van der Waals surface area (Å²) in [6, 6.07) is 0. The molecule has 0 aromatic carbocycles. The van der Waals surface area contributed by atoms with Crippen LogP contribution in [0.3, 0.4) is 0 Å². The summed E-state index contributed by atoms with van der Waals surface area (Å²) in [7, 11) is 1.37. The van der Waals surface area contributed by atoms with E-state index in [0.29, 0.717) is 79.0 Å². The smallest absolute Gasteiger partial charge is 0.305 e. The Morgan fingerprint density at radius 2 is 1.20 bits per heavy atom. The maximum Gasteiger partial charge on any atom is 0.305 e. The molecule has 0 atom stereocenters. The SMILES string of the molecule is C=C(C)NCCOCCOCC(=C)NCCOCCOCC(=O)NCCOCCCCC(=O)OC. The van der Waals surface area contributed by atoms with Crippen molar-refractivity contribution in [2.75, 3.05) is 92.8 Å². The number of hydrogen-bond donors (Lipinski definition) is 3. The topological polar surface area (TPSA) is 126 Å². The van der Waals surface area contributed by atoms with Gasteiger partial charge >= 0.3 is 5.97 Å². The van der Waals surface area contributed by atoms with Gasteiger partial charge in [0.05, 0.1) is 60.0 Å². The molecule has 0 heterocycles. The van der Waals surface area contributed by atoms with E-state index < -0.39 is 0 Å². The van der Waals surface area contributed by atoms with Crippen molar-refractivity contribution in [1.82, 2.24) is 16.0 Å². The fourth-order valence-electron chi connectivity index (χ4n) is 2.48. The fourth-order valence-corrected chi connectivity index (χ4v) is 2.48. The summed E-state index contributed by atoms with van der Waals surface area (Å²) in [4.78, 5) is 22.6. The Morgan fingerprint density at radius 1 is 0.657 bits per heavy atom. The van der Waals surface area contributed by atoms with E-state index in [2.05, 4.69) is 33.8 Å². The molecule has 0 bridgehead atoms. The summed E-state index contributed by atoms with van der Waals surface area (Å²) in [6.07, 6.45) is 1.89. The summed E-state index contributed by atoms with van der Waals surface area (Å²) in [6.45, 7) is 15.5. The molecular weight excluding hydrogens is 458 g/mol. The Bertz CT molecular complexity index is 575. The number of hydrogen-bond acceptors (Lipinski definition) is 10. The third-order valence-corrected chi connectivity index (χ3v) is 4.26. The Labute approximate surface area is 209 Å². The lowest BCUT2D eigenvalue weighted by molar-refractivity contribution is -0.140. The van der Waals surface area contributed by atoms with Crippen LogP contribution in [0.5, 0.6) is 0 Å². The minimum atomic E-state index is -0.215. The average Bonchev–Trinajstić information content (AvgIpc) is 2.83. The lowest BCUT2D eigenvalue weighted by Gasteiger charge is -2.11. The van der Waals surface area contributed by atoms with Crippen molar-refractivity contribution >= 4 is 11.9 Å². The lowest BCUT2D eigenvalue weighted by atomic mass is 10.2. The number of unbranched alkanes of at least 4 members (excludes halogenated alkanes) is 1. The highest BCUT2D eigenvalue weighted by atomic mass is 16.5. The minimum absolute atomic E-state index is 0.0248. The lowest BCUT2D eigenvalue weighted by Crippen LogP contribution is -2.31. The monoisotopic (exact) mass is 503 g/mol. The predicted octanol–water partition coefficient (Wildman–Crippen LogP) is 0.755. The molecule has 0 aromatic heterocycles. The van der Waals surface area contributed by atoms with Gasteiger partial charge in [0.2, 0.25) is 5.91 Å². The van der Waals surface area contributed by atoms with Gasteiger partial charge in [-0.1, -0.05) is 13.2 Å². The fraction of sp³-hybridized carbons (Fsp3) is 0.750. The normalized spacial score (nSPS) is 10.6. The first kappa shape index (κ1) is 32.8. The highest BCUT2D eigenvalue weighted by Crippen LogP contribution is 1.97. The molecule has 35 heavy (non-hydrogen) atoms. The molecule has 0 unspecified atom stereocenters. The zero-order chi connectivity index (χ0) is 26.0. The van der Waals surface area contributed by atoms with Gasteiger partial charge in [0.15, 0.2) is 0 Å². The van der Waals surface area contributed by atoms with Crippen LogP contribution in [-0.2, 0) is 38.0 Å². The van der Waals surface area contributed by atoms with Crippen molar-refractivity contribution in [2.45, 2.75) is 26.2 Å². The van der Waals surface area contributed by atoms with Crippen LogP contribution in [0.25, 0.3) is 0 Å². The van der Waals surface area contributed by atoms with Crippen molar-refractivity contribution in [3.63, 3.8) is 0 Å². The molecule has 11 nitrogen and oxygen atoms in total. The first-order valence-corrected chi connectivity index (χ1v) is 12.0. The summed E-state index contributed by atoms with van der Waals surface area (Å²) in [5.41, 5.74) is 1.70. The summed E-state index contributed by atoms with van der Waals surface area (Å²) < 4.78 is 31.6. The second-order valence-corrected chi connectivity index (χ2v) is 7.56. The van der Waals surface area contributed by atoms with Crippen molar-refractivity contribution in [2.24, 2.45) is 0 Å². The molecule has 0 aliphatic heterocycles. The van der Waals surface area contributed by atoms with Crippen molar-refractivity contribution in [3.05, 3.63) is 24.6 Å². The van der Waals surface area contributed by atoms with E-state index in [1.807, 2.05) is 6.92 Å². The second-order valence-electron chi connectivity index (χ2n) is 7.56. The van der Waals surface area contributed by atoms with Gasteiger partial charge in [-0.3, -0.25) is 9.59 Å². The van der Waals surface area contributed by atoms with Crippen LogP contribution >= 0.6 is 0 Å². The van der Waals surface area contributed by atoms with Crippen LogP contribution in [0.1, 0.15) is 26.2 Å². The van der Waals surface area contributed by atoms with E-state index in [1.165, 1.54) is 7.11 Å². The van der Waals surface area contributed by atoms with E-state index in [4.69, 9.17) is 23.7 Å². The minimum Gasteiger partial charge on any atom is -0.469 e. The average molecular weight is 504 g/mol. The molecule has 0 aliphatic carbocycles. The standard InChI is InChI=1S/C24H45N3O8/c1-21(2)25-8-12-32-15-17-34-19-22(3)26-9-13-33-16-18-35-20-23(28)27-10-14-31-11-6-5-7-24(29)30-4/h25-26H,1,3,5-20H2,2,4H3,(H,27,28). The largest absolute Gasteiger partial charge is 0.469 e. The summed E-state index contributed by atoms with van der Waals surface area (Å²) >= 11 is 0. The van der Waals surface area contributed by atoms with Gasteiger partial charge < -0.3 is 44.4 Å². The third kappa shape index (κ3) is 26.3. The first-order chi connectivity index (χ1) is 17.0. The maximum absolute atomic E-state index is 11.7. The molecule has 1 amide bonds. The zero-order valence-electron chi connectivity index (χ0n) is 21.5. The van der Waals surface area contributed by atoms with Crippen LogP contribution in [-0.4, -0.2) is 105 Å². The Kier molecular flexibility index (Phi) is 23.4. The van der Waals surface area contributed by atoms with Crippen LogP contribution in [0.2, 0.25) is 0 Å². The van der Waals surface area contributed by atoms with Crippen molar-refractivity contribution < 1.29 is 38.0 Å². The highest BCUT2D eigenvalue weighted by molar-refractivity contribution is 5.77. The zero-order valence-corrected chi connectivity index (χ0v) is 21.5. The Morgan fingerprint density at radius 3 is 1.83 bits per heavy atom. The van der Waals surface area contributed by atoms with Crippen LogP contribution in [0.15, 0.2) is 24.6 Å². The van der Waals surface area contributed by atoms with E-state index in [1.54, 1.807) is 0 Å². The number of esters is 1. The number of carbonyl (C=O) groups excluding carboxylic acids is 2. The molecule has 0 saturated heterocycles. The maximum atomic E-state index is 11.7. The number of amides is 1. The van der Waals surface area contributed by atoms with E-state index in [-0.39, 0.29) is 18.5 Å². The van der Waals surface area contributed by atoms with E-state index in [9.17, 15) is 9.59 Å². The molecule has 204 valence electrons. The van der Waals surface area contributed by atoms with Crippen LogP contribution in [0.4, 0.5) is 0 Å². The van der Waals surface area contributed by atoms with Gasteiger partial charge in [-0.15, -0.1) is 0 Å². The van der Waals surface area contributed by atoms with Crippen LogP contribution in [0, 0.1) is 0 Å². The molecule has 0 aromatic rings. The third-order valence-electron chi connectivity index (χ3n) is 4.26. The molecule has 0 fully saturated rings. The highest BCUT2D eigenvalue weighted by Gasteiger charge is 2.02. The predicted molar refractivity (Wildman–Crippen MR) is 133 cm³/mol. The molecule has 0 spiro atoms. The number of nitrogens with one attached hydrogen (secondary N) is 3. The Balaban J connectivity index is 3.30. The number of carbonyl (C=O) groups is 2. The molecule has 0 saturated carbocycles. The van der Waals surface area contributed by atoms with Crippen molar-refractivity contribution in [3.8, 4) is 0 Å². The van der Waals surface area contributed by atoms with Crippen LogP contribution < -0.4 is 16.0 Å². The molecule has 11 heteroatoms. The van der Waals surface area contributed by atoms with Gasteiger partial charge in [-0.25, -0.2) is 0 Å². The molecule has 3 N–H and O–H groups in total. The summed E-state index contributed by atoms with van der Waals surface area (Å²) in [5.74, 6) is -0.418. The Hall–Kier alpha value is -2.18. The van der Waals surface area contributed by atoms with Gasteiger partial charge in [-0.2, -0.15) is 0 Å².